The van der Waals surface area contributed by atoms with E-state index in [4.69, 9.17) is 4.18 Å². The summed E-state index contributed by atoms with van der Waals surface area (Å²) >= 11 is 0. The molecule has 0 aromatic heterocycles. The lowest BCUT2D eigenvalue weighted by atomic mass is 10.00. The zero-order valence-corrected chi connectivity index (χ0v) is 15.8. The standard InChI is InChI=1S/C20H24O4S/c1-14(2)13-17-7-9-18(10-8-17)20(21)16(4)24-25(22,23)19-11-5-15(3)6-12-19/h5-12,14,16H,13H2,1-4H3. The zero-order chi connectivity index (χ0) is 18.6. The van der Waals surface area contributed by atoms with Gasteiger partial charge in [-0.25, -0.2) is 0 Å². The van der Waals surface area contributed by atoms with Gasteiger partial charge in [-0.15, -0.1) is 0 Å². The summed E-state index contributed by atoms with van der Waals surface area (Å²) in [7, 11) is -3.97. The minimum atomic E-state index is -3.97. The van der Waals surface area contributed by atoms with Crippen LogP contribution in [0, 0.1) is 12.8 Å². The second-order valence-corrected chi connectivity index (χ2v) is 8.24. The summed E-state index contributed by atoms with van der Waals surface area (Å²) < 4.78 is 29.7. The van der Waals surface area contributed by atoms with E-state index in [-0.39, 0.29) is 10.7 Å². The number of ketones is 1. The van der Waals surface area contributed by atoms with E-state index in [1.165, 1.54) is 19.1 Å². The van der Waals surface area contributed by atoms with Gasteiger partial charge in [0.15, 0.2) is 5.78 Å². The third-order valence-electron chi connectivity index (χ3n) is 3.83. The maximum absolute atomic E-state index is 12.5. The maximum atomic E-state index is 12.5. The molecule has 0 amide bonds. The monoisotopic (exact) mass is 360 g/mol. The smallest absolute Gasteiger partial charge is 0.291 e. The molecule has 134 valence electrons. The van der Waals surface area contributed by atoms with E-state index in [1.54, 1.807) is 24.3 Å². The first-order valence-corrected chi connectivity index (χ1v) is 9.73. The van der Waals surface area contributed by atoms with Crippen LogP contribution >= 0.6 is 0 Å². The summed E-state index contributed by atoms with van der Waals surface area (Å²) in [4.78, 5) is 12.5. The highest BCUT2D eigenvalue weighted by Crippen LogP contribution is 2.18. The van der Waals surface area contributed by atoms with Gasteiger partial charge in [0.2, 0.25) is 0 Å². The van der Waals surface area contributed by atoms with Gasteiger partial charge in [0.25, 0.3) is 10.1 Å². The Balaban J connectivity index is 2.10. The van der Waals surface area contributed by atoms with E-state index in [0.717, 1.165) is 17.5 Å². The quantitative estimate of drug-likeness (QED) is 0.549. The predicted molar refractivity (Wildman–Crippen MR) is 98.2 cm³/mol. The first kappa shape index (κ1) is 19.3. The highest BCUT2D eigenvalue weighted by molar-refractivity contribution is 7.86. The van der Waals surface area contributed by atoms with E-state index in [0.29, 0.717) is 11.5 Å². The van der Waals surface area contributed by atoms with Crippen molar-refractivity contribution >= 4 is 15.9 Å². The highest BCUT2D eigenvalue weighted by atomic mass is 32.2. The molecule has 0 saturated carbocycles. The SMILES string of the molecule is Cc1ccc(S(=O)(=O)OC(C)C(=O)c2ccc(CC(C)C)cc2)cc1. The van der Waals surface area contributed by atoms with Gasteiger partial charge in [-0.05, 0) is 43.9 Å². The van der Waals surface area contributed by atoms with Crippen LogP contribution in [0.1, 0.15) is 42.3 Å². The molecule has 0 radical (unpaired) electrons. The number of carbonyl (C=O) groups excluding carboxylic acids is 1. The minimum absolute atomic E-state index is 0.0463. The number of Topliss-reactive ketones (excluding diaryl/α,β-unsaturated/α-hetero) is 1. The van der Waals surface area contributed by atoms with Crippen molar-refractivity contribution in [3.8, 4) is 0 Å². The molecule has 0 aliphatic rings. The number of carbonyl (C=O) groups is 1. The lowest BCUT2D eigenvalue weighted by Crippen LogP contribution is -2.24. The van der Waals surface area contributed by atoms with Crippen molar-refractivity contribution in [1.82, 2.24) is 0 Å². The normalized spacial score (nSPS) is 13.0. The van der Waals surface area contributed by atoms with Crippen LogP contribution in [-0.4, -0.2) is 20.3 Å². The van der Waals surface area contributed by atoms with Gasteiger partial charge in [-0.2, -0.15) is 8.42 Å². The van der Waals surface area contributed by atoms with E-state index in [2.05, 4.69) is 13.8 Å². The van der Waals surface area contributed by atoms with Crippen LogP contribution < -0.4 is 0 Å². The summed E-state index contributed by atoms with van der Waals surface area (Å²) in [5, 5.41) is 0. The minimum Gasteiger partial charge on any atom is -0.291 e. The molecule has 1 atom stereocenters. The Hall–Kier alpha value is -1.98. The first-order chi connectivity index (χ1) is 11.7. The molecule has 0 bridgehead atoms. The molecule has 5 heteroatoms. The summed E-state index contributed by atoms with van der Waals surface area (Å²) in [5.74, 6) is 0.176. The lowest BCUT2D eigenvalue weighted by molar-refractivity contribution is 0.0826. The molecule has 0 aliphatic heterocycles. The fourth-order valence-electron chi connectivity index (χ4n) is 2.51. The third kappa shape index (κ3) is 5.25. The summed E-state index contributed by atoms with van der Waals surface area (Å²) in [6.45, 7) is 7.58. The fraction of sp³-hybridized carbons (Fsp3) is 0.350. The molecule has 0 spiro atoms. The van der Waals surface area contributed by atoms with Gasteiger partial charge in [0, 0.05) is 5.56 Å². The molecule has 0 saturated heterocycles. The predicted octanol–water partition coefficient (Wildman–Crippen LogP) is 4.17. The molecule has 2 aromatic rings. The van der Waals surface area contributed by atoms with E-state index < -0.39 is 16.2 Å². The van der Waals surface area contributed by atoms with Crippen molar-refractivity contribution in [3.63, 3.8) is 0 Å². The summed E-state index contributed by atoms with van der Waals surface area (Å²) in [5.41, 5.74) is 2.54. The van der Waals surface area contributed by atoms with Crippen molar-refractivity contribution in [2.75, 3.05) is 0 Å². The van der Waals surface area contributed by atoms with Gasteiger partial charge in [0.05, 0.1) is 4.90 Å². The van der Waals surface area contributed by atoms with Crippen LogP contribution in [0.25, 0.3) is 0 Å². The van der Waals surface area contributed by atoms with E-state index >= 15 is 0 Å². The van der Waals surface area contributed by atoms with Crippen molar-refractivity contribution in [2.24, 2.45) is 5.92 Å². The topological polar surface area (TPSA) is 60.4 Å². The molecule has 0 aliphatic carbocycles. The molecule has 25 heavy (non-hydrogen) atoms. The maximum Gasteiger partial charge on any atom is 0.297 e. The number of hydrogen-bond donors (Lipinski definition) is 0. The second kappa shape index (κ2) is 7.93. The highest BCUT2D eigenvalue weighted by Gasteiger charge is 2.24. The van der Waals surface area contributed by atoms with Gasteiger partial charge in [-0.1, -0.05) is 55.8 Å². The number of benzene rings is 2. The van der Waals surface area contributed by atoms with E-state index in [9.17, 15) is 13.2 Å². The average Bonchev–Trinajstić information content (AvgIpc) is 2.54. The van der Waals surface area contributed by atoms with Gasteiger partial charge in [-0.3, -0.25) is 8.98 Å². The summed E-state index contributed by atoms with van der Waals surface area (Å²) in [6.07, 6.45) is -0.148. The van der Waals surface area contributed by atoms with E-state index in [1.807, 2.05) is 19.1 Å². The Morgan fingerprint density at radius 2 is 1.52 bits per heavy atom. The number of hydrogen-bond acceptors (Lipinski definition) is 4. The zero-order valence-electron chi connectivity index (χ0n) is 15.0. The number of aryl methyl sites for hydroxylation is 1. The molecule has 0 N–H and O–H groups in total. The first-order valence-electron chi connectivity index (χ1n) is 8.32. The molecular weight excluding hydrogens is 336 g/mol. The van der Waals surface area contributed by atoms with Crippen LogP contribution in [-0.2, 0) is 20.7 Å². The average molecular weight is 360 g/mol. The molecular formula is C20H24O4S. The van der Waals surface area contributed by atoms with Crippen molar-refractivity contribution < 1.29 is 17.4 Å². The Labute approximate surface area is 150 Å². The van der Waals surface area contributed by atoms with Crippen LogP contribution in [0.15, 0.2) is 53.4 Å². The van der Waals surface area contributed by atoms with Crippen LogP contribution in [0.3, 0.4) is 0 Å². The fourth-order valence-corrected chi connectivity index (χ4v) is 3.55. The Morgan fingerprint density at radius 1 is 0.960 bits per heavy atom. The second-order valence-electron chi connectivity index (χ2n) is 6.66. The third-order valence-corrected chi connectivity index (χ3v) is 5.22. The molecule has 2 rings (SSSR count). The molecule has 0 fully saturated rings. The van der Waals surface area contributed by atoms with Crippen LogP contribution in [0.4, 0.5) is 0 Å². The molecule has 0 heterocycles. The largest absolute Gasteiger partial charge is 0.297 e. The van der Waals surface area contributed by atoms with Gasteiger partial charge >= 0.3 is 0 Å². The Bertz CT molecular complexity index is 819. The lowest BCUT2D eigenvalue weighted by Gasteiger charge is -2.13. The van der Waals surface area contributed by atoms with Crippen molar-refractivity contribution in [2.45, 2.75) is 45.1 Å². The molecule has 1 unspecified atom stereocenters. The van der Waals surface area contributed by atoms with Crippen molar-refractivity contribution in [1.29, 1.82) is 0 Å². The molecule has 2 aromatic carbocycles. The van der Waals surface area contributed by atoms with Gasteiger partial charge in [0.1, 0.15) is 6.10 Å². The van der Waals surface area contributed by atoms with Crippen LogP contribution in [0.5, 0.6) is 0 Å². The number of rotatable bonds is 7. The summed E-state index contributed by atoms with van der Waals surface area (Å²) in [6, 6.07) is 13.6. The van der Waals surface area contributed by atoms with Crippen molar-refractivity contribution in [3.05, 3.63) is 65.2 Å². The van der Waals surface area contributed by atoms with Crippen LogP contribution in [0.2, 0.25) is 0 Å². The Kier molecular flexibility index (Phi) is 6.14. The Morgan fingerprint density at radius 3 is 2.04 bits per heavy atom. The molecule has 4 nitrogen and oxygen atoms in total. The van der Waals surface area contributed by atoms with Gasteiger partial charge < -0.3 is 0 Å².